The first kappa shape index (κ1) is 24.6. The number of rotatable bonds is 6. The molecule has 0 aliphatic rings. The molecule has 192 valence electrons. The Kier molecular flexibility index (Phi) is 6.33. The first-order valence-electron chi connectivity index (χ1n) is 11.6. The van der Waals surface area contributed by atoms with Crippen molar-refractivity contribution in [2.45, 2.75) is 6.92 Å². The van der Waals surface area contributed by atoms with Gasteiger partial charge >= 0.3 is 0 Å². The fourth-order valence-electron chi connectivity index (χ4n) is 4.12. The maximum absolute atomic E-state index is 13.9. The SMILES string of the molecule is COc1cc(N(C)C(=O)c2cc(C)c3ncn(-c4ccc(NC(=O)c5cnn(C)c5)nc4)c3c2)ccc1F. The molecule has 3 aromatic heterocycles. The van der Waals surface area contributed by atoms with Gasteiger partial charge in [-0.3, -0.25) is 18.8 Å². The smallest absolute Gasteiger partial charge is 0.260 e. The maximum atomic E-state index is 13.9. The van der Waals surface area contributed by atoms with Crippen LogP contribution in [0.4, 0.5) is 15.9 Å². The van der Waals surface area contributed by atoms with Crippen LogP contribution >= 0.6 is 0 Å². The standard InChI is InChI=1S/C27H24FN7O3/c1-16-9-17(27(37)34(3)19-5-7-21(28)23(11-19)38-4)10-22-25(16)30-15-35(22)20-6-8-24(29-13-20)32-26(36)18-12-31-33(2)14-18/h5-15H,1-4H3,(H,29,32,36). The lowest BCUT2D eigenvalue weighted by atomic mass is 10.1. The first-order valence-corrected chi connectivity index (χ1v) is 11.6. The van der Waals surface area contributed by atoms with E-state index >= 15 is 0 Å². The van der Waals surface area contributed by atoms with Gasteiger partial charge in [0, 0.05) is 37.6 Å². The average molecular weight is 514 g/mol. The number of amides is 2. The predicted molar refractivity (Wildman–Crippen MR) is 140 cm³/mol. The van der Waals surface area contributed by atoms with E-state index in [1.807, 2.05) is 11.5 Å². The Balaban J connectivity index is 1.43. The number of pyridine rings is 1. The normalized spacial score (nSPS) is 11.0. The third-order valence-corrected chi connectivity index (χ3v) is 6.15. The van der Waals surface area contributed by atoms with Crippen molar-refractivity contribution in [3.8, 4) is 11.4 Å². The Hall–Kier alpha value is -5.06. The Bertz CT molecular complexity index is 1670. The Morgan fingerprint density at radius 1 is 1.05 bits per heavy atom. The summed E-state index contributed by atoms with van der Waals surface area (Å²) in [5.74, 6) is -0.652. The van der Waals surface area contributed by atoms with Crippen molar-refractivity contribution in [3.63, 3.8) is 0 Å². The number of hydrogen-bond donors (Lipinski definition) is 1. The van der Waals surface area contributed by atoms with Crippen molar-refractivity contribution in [3.05, 3.63) is 89.9 Å². The molecule has 0 unspecified atom stereocenters. The molecule has 3 heterocycles. The van der Waals surface area contributed by atoms with Gasteiger partial charge in [0.05, 0.1) is 41.8 Å². The van der Waals surface area contributed by atoms with Gasteiger partial charge < -0.3 is 15.0 Å². The number of imidazole rings is 1. The van der Waals surface area contributed by atoms with Gasteiger partial charge in [-0.1, -0.05) is 0 Å². The molecule has 0 fully saturated rings. The van der Waals surface area contributed by atoms with Gasteiger partial charge in [0.25, 0.3) is 11.8 Å². The highest BCUT2D eigenvalue weighted by molar-refractivity contribution is 6.08. The third kappa shape index (κ3) is 4.57. The molecule has 5 rings (SSSR count). The molecule has 0 radical (unpaired) electrons. The molecule has 2 aromatic carbocycles. The molecule has 0 bridgehead atoms. The molecule has 10 nitrogen and oxygen atoms in total. The van der Waals surface area contributed by atoms with Gasteiger partial charge in [0.1, 0.15) is 12.1 Å². The highest BCUT2D eigenvalue weighted by Gasteiger charge is 2.19. The van der Waals surface area contributed by atoms with Crippen LogP contribution in [0.25, 0.3) is 16.7 Å². The van der Waals surface area contributed by atoms with Crippen molar-refractivity contribution in [1.29, 1.82) is 0 Å². The molecule has 0 saturated heterocycles. The second-order valence-corrected chi connectivity index (χ2v) is 8.72. The van der Waals surface area contributed by atoms with E-state index in [1.54, 1.807) is 61.8 Å². The summed E-state index contributed by atoms with van der Waals surface area (Å²) < 4.78 is 22.3. The fraction of sp³-hybridized carbons (Fsp3) is 0.148. The minimum absolute atomic E-state index is 0.0550. The van der Waals surface area contributed by atoms with Crippen molar-refractivity contribution in [1.82, 2.24) is 24.3 Å². The monoisotopic (exact) mass is 513 g/mol. The zero-order chi connectivity index (χ0) is 27.0. The lowest BCUT2D eigenvalue weighted by Crippen LogP contribution is -2.26. The number of hydrogen-bond acceptors (Lipinski definition) is 6. The van der Waals surface area contributed by atoms with Crippen LogP contribution in [0.1, 0.15) is 26.3 Å². The lowest BCUT2D eigenvalue weighted by Gasteiger charge is -2.19. The van der Waals surface area contributed by atoms with E-state index in [1.165, 1.54) is 36.4 Å². The highest BCUT2D eigenvalue weighted by Crippen LogP contribution is 2.27. The predicted octanol–water partition coefficient (Wildman–Crippen LogP) is 4.14. The fourth-order valence-corrected chi connectivity index (χ4v) is 4.12. The summed E-state index contributed by atoms with van der Waals surface area (Å²) in [5.41, 5.74) is 4.34. The summed E-state index contributed by atoms with van der Waals surface area (Å²) in [4.78, 5) is 36.1. The molecular formula is C27H24FN7O3. The van der Waals surface area contributed by atoms with E-state index in [-0.39, 0.29) is 17.6 Å². The van der Waals surface area contributed by atoms with Crippen molar-refractivity contribution in [2.24, 2.45) is 7.05 Å². The van der Waals surface area contributed by atoms with Gasteiger partial charge in [0.2, 0.25) is 0 Å². The average Bonchev–Trinajstić information content (AvgIpc) is 3.55. The molecule has 1 N–H and O–H groups in total. The molecule has 0 aliphatic heterocycles. The number of aryl methyl sites for hydroxylation is 2. The van der Waals surface area contributed by atoms with E-state index in [0.717, 1.165) is 11.1 Å². The van der Waals surface area contributed by atoms with E-state index in [0.29, 0.717) is 33.8 Å². The van der Waals surface area contributed by atoms with Crippen LogP contribution in [0.2, 0.25) is 0 Å². The van der Waals surface area contributed by atoms with E-state index in [2.05, 4.69) is 20.4 Å². The van der Waals surface area contributed by atoms with Crippen LogP contribution in [0.3, 0.4) is 0 Å². The Labute approximate surface area is 217 Å². The van der Waals surface area contributed by atoms with E-state index in [9.17, 15) is 14.0 Å². The van der Waals surface area contributed by atoms with Crippen LogP contribution in [0.5, 0.6) is 5.75 Å². The zero-order valence-corrected chi connectivity index (χ0v) is 21.1. The van der Waals surface area contributed by atoms with Crippen molar-refractivity contribution < 1.29 is 18.7 Å². The topological polar surface area (TPSA) is 107 Å². The molecule has 0 spiro atoms. The van der Waals surface area contributed by atoms with Crippen molar-refractivity contribution in [2.75, 3.05) is 24.4 Å². The molecule has 11 heteroatoms. The minimum atomic E-state index is -0.505. The van der Waals surface area contributed by atoms with Crippen molar-refractivity contribution >= 4 is 34.4 Å². The first-order chi connectivity index (χ1) is 18.2. The largest absolute Gasteiger partial charge is 0.494 e. The van der Waals surface area contributed by atoms with Crippen LogP contribution in [-0.2, 0) is 7.05 Å². The number of aromatic nitrogens is 5. The number of nitrogens with one attached hydrogen (secondary N) is 1. The summed E-state index contributed by atoms with van der Waals surface area (Å²) in [5, 5.41) is 6.74. The summed E-state index contributed by atoms with van der Waals surface area (Å²) in [6.07, 6.45) is 6.37. The molecule has 5 aromatic rings. The second-order valence-electron chi connectivity index (χ2n) is 8.72. The van der Waals surface area contributed by atoms with Crippen LogP contribution < -0.4 is 15.0 Å². The van der Waals surface area contributed by atoms with Gasteiger partial charge in [0.15, 0.2) is 11.6 Å². The number of anilines is 2. The second kappa shape index (κ2) is 9.77. The molecule has 38 heavy (non-hydrogen) atoms. The molecule has 2 amide bonds. The Morgan fingerprint density at radius 2 is 1.87 bits per heavy atom. The highest BCUT2D eigenvalue weighted by atomic mass is 19.1. The number of halogens is 1. The minimum Gasteiger partial charge on any atom is -0.494 e. The number of fused-ring (bicyclic) bond motifs is 1. The van der Waals surface area contributed by atoms with E-state index < -0.39 is 5.82 Å². The van der Waals surface area contributed by atoms with Crippen LogP contribution in [0, 0.1) is 12.7 Å². The number of nitrogens with zero attached hydrogens (tertiary/aromatic N) is 6. The zero-order valence-electron chi connectivity index (χ0n) is 21.1. The number of methoxy groups -OCH3 is 1. The number of ether oxygens (including phenoxy) is 1. The quantitative estimate of drug-likeness (QED) is 0.366. The molecule has 0 saturated carbocycles. The van der Waals surface area contributed by atoms with Gasteiger partial charge in [-0.15, -0.1) is 0 Å². The van der Waals surface area contributed by atoms with Gasteiger partial charge in [-0.2, -0.15) is 5.10 Å². The molecule has 0 aliphatic carbocycles. The third-order valence-electron chi connectivity index (χ3n) is 6.15. The molecule has 0 atom stereocenters. The number of benzene rings is 2. The summed E-state index contributed by atoms with van der Waals surface area (Å²) >= 11 is 0. The lowest BCUT2D eigenvalue weighted by molar-refractivity contribution is 0.0991. The summed E-state index contributed by atoms with van der Waals surface area (Å²) in [7, 11) is 4.73. The van der Waals surface area contributed by atoms with Crippen LogP contribution in [0.15, 0.2) is 67.4 Å². The molecular weight excluding hydrogens is 489 g/mol. The summed E-state index contributed by atoms with van der Waals surface area (Å²) in [6.45, 7) is 1.88. The number of carbonyl (C=O) groups is 2. The van der Waals surface area contributed by atoms with Gasteiger partial charge in [-0.05, 0) is 48.9 Å². The Morgan fingerprint density at radius 3 is 2.55 bits per heavy atom. The summed E-state index contributed by atoms with van der Waals surface area (Å²) in [6, 6.07) is 11.3. The van der Waals surface area contributed by atoms with E-state index in [4.69, 9.17) is 4.74 Å². The van der Waals surface area contributed by atoms with Crippen LogP contribution in [-0.4, -0.2) is 50.3 Å². The maximum Gasteiger partial charge on any atom is 0.260 e. The number of carbonyl (C=O) groups excluding carboxylic acids is 2. The van der Waals surface area contributed by atoms with Gasteiger partial charge in [-0.25, -0.2) is 14.4 Å².